The average molecular weight is 238 g/mol. The second kappa shape index (κ2) is 5.00. The topological polar surface area (TPSA) is 17.1 Å². The lowest BCUT2D eigenvalue weighted by atomic mass is 9.95. The first-order chi connectivity index (χ1) is 7.66. The van der Waals surface area contributed by atoms with Crippen molar-refractivity contribution in [3.63, 3.8) is 0 Å². The Morgan fingerprint density at radius 3 is 3.06 bits per heavy atom. The van der Waals surface area contributed by atoms with E-state index in [1.165, 1.54) is 12.1 Å². The molecule has 1 heterocycles. The minimum Gasteiger partial charge on any atom is -0.299 e. The molecule has 0 spiro atoms. The van der Waals surface area contributed by atoms with Gasteiger partial charge < -0.3 is 0 Å². The highest BCUT2D eigenvalue weighted by molar-refractivity contribution is 7.99. The zero-order valence-electron chi connectivity index (χ0n) is 9.33. The highest BCUT2D eigenvalue weighted by Crippen LogP contribution is 2.25. The molecule has 0 aliphatic carbocycles. The predicted molar refractivity (Wildman–Crippen MR) is 65.3 cm³/mol. The van der Waals surface area contributed by atoms with Crippen molar-refractivity contribution >= 4 is 17.5 Å². The number of carbonyl (C=O) groups is 1. The van der Waals surface area contributed by atoms with Gasteiger partial charge >= 0.3 is 0 Å². The lowest BCUT2D eigenvalue weighted by Crippen LogP contribution is -2.16. The van der Waals surface area contributed by atoms with Crippen molar-refractivity contribution in [2.24, 2.45) is 5.92 Å². The Morgan fingerprint density at radius 2 is 2.38 bits per heavy atom. The van der Waals surface area contributed by atoms with E-state index in [0.29, 0.717) is 6.42 Å². The molecule has 86 valence electrons. The number of thioether (sulfide) groups is 1. The van der Waals surface area contributed by atoms with Gasteiger partial charge in [-0.15, -0.1) is 0 Å². The molecule has 1 nitrogen and oxygen atoms in total. The van der Waals surface area contributed by atoms with E-state index in [2.05, 4.69) is 0 Å². The van der Waals surface area contributed by atoms with Crippen LogP contribution in [0.5, 0.6) is 0 Å². The predicted octanol–water partition coefficient (Wildman–Crippen LogP) is 3.00. The molecule has 0 aromatic heterocycles. The summed E-state index contributed by atoms with van der Waals surface area (Å²) < 4.78 is 13.1. The van der Waals surface area contributed by atoms with Gasteiger partial charge in [-0.05, 0) is 42.4 Å². The maximum Gasteiger partial charge on any atom is 0.141 e. The molecule has 1 aromatic carbocycles. The Labute approximate surface area is 99.4 Å². The van der Waals surface area contributed by atoms with E-state index in [9.17, 15) is 9.18 Å². The van der Waals surface area contributed by atoms with Crippen molar-refractivity contribution in [2.75, 3.05) is 11.5 Å². The molecular weight excluding hydrogens is 223 g/mol. The molecule has 16 heavy (non-hydrogen) atoms. The van der Waals surface area contributed by atoms with Gasteiger partial charge in [0.05, 0.1) is 0 Å². The van der Waals surface area contributed by atoms with Crippen molar-refractivity contribution in [3.8, 4) is 0 Å². The number of halogens is 1. The number of benzene rings is 1. The van der Waals surface area contributed by atoms with Gasteiger partial charge in [-0.2, -0.15) is 11.8 Å². The Morgan fingerprint density at radius 1 is 1.56 bits per heavy atom. The smallest absolute Gasteiger partial charge is 0.141 e. The fourth-order valence-electron chi connectivity index (χ4n) is 1.95. The van der Waals surface area contributed by atoms with Crippen LogP contribution in [0.25, 0.3) is 0 Å². The molecule has 1 aliphatic heterocycles. The fourth-order valence-corrected chi connectivity index (χ4v) is 3.21. The van der Waals surface area contributed by atoms with Crippen LogP contribution < -0.4 is 0 Å². The van der Waals surface area contributed by atoms with Gasteiger partial charge in [-0.3, -0.25) is 4.79 Å². The van der Waals surface area contributed by atoms with E-state index in [0.717, 1.165) is 29.1 Å². The second-order valence-electron chi connectivity index (χ2n) is 4.27. The van der Waals surface area contributed by atoms with Crippen LogP contribution in [0, 0.1) is 18.7 Å². The SMILES string of the molecule is Cc1ccc(F)cc1CC(=O)C1CCSC1. The van der Waals surface area contributed by atoms with Crippen LogP contribution in [0.15, 0.2) is 18.2 Å². The third-order valence-corrected chi connectivity index (χ3v) is 4.22. The minimum atomic E-state index is -0.255. The average Bonchev–Trinajstić information content (AvgIpc) is 2.76. The highest BCUT2D eigenvalue weighted by atomic mass is 32.2. The molecule has 0 saturated carbocycles. The van der Waals surface area contributed by atoms with Crippen LogP contribution in [0.3, 0.4) is 0 Å². The van der Waals surface area contributed by atoms with Gasteiger partial charge in [-0.1, -0.05) is 6.07 Å². The van der Waals surface area contributed by atoms with Gasteiger partial charge in [0.25, 0.3) is 0 Å². The standard InChI is InChI=1S/C13H15FOS/c1-9-2-3-12(14)6-11(9)7-13(15)10-4-5-16-8-10/h2-3,6,10H,4-5,7-8H2,1H3. The zero-order valence-corrected chi connectivity index (χ0v) is 10.1. The molecule has 0 N–H and O–H groups in total. The van der Waals surface area contributed by atoms with Crippen LogP contribution in [0.2, 0.25) is 0 Å². The normalized spacial score (nSPS) is 20.0. The van der Waals surface area contributed by atoms with Crippen LogP contribution in [-0.4, -0.2) is 17.3 Å². The molecule has 2 rings (SSSR count). The van der Waals surface area contributed by atoms with E-state index >= 15 is 0 Å². The molecular formula is C13H15FOS. The number of aryl methyl sites for hydroxylation is 1. The minimum absolute atomic E-state index is 0.188. The van der Waals surface area contributed by atoms with Crippen LogP contribution >= 0.6 is 11.8 Å². The number of carbonyl (C=O) groups excluding carboxylic acids is 1. The van der Waals surface area contributed by atoms with Crippen molar-refractivity contribution < 1.29 is 9.18 Å². The number of Topliss-reactive ketones (excluding diaryl/α,β-unsaturated/α-hetero) is 1. The molecule has 0 bridgehead atoms. The van der Waals surface area contributed by atoms with E-state index in [1.54, 1.807) is 6.07 Å². The Kier molecular flexibility index (Phi) is 3.64. The van der Waals surface area contributed by atoms with E-state index < -0.39 is 0 Å². The van der Waals surface area contributed by atoms with Gasteiger partial charge in [0.1, 0.15) is 11.6 Å². The van der Waals surface area contributed by atoms with Crippen LogP contribution in [-0.2, 0) is 11.2 Å². The number of hydrogen-bond donors (Lipinski definition) is 0. The molecule has 1 aromatic rings. The summed E-state index contributed by atoms with van der Waals surface area (Å²) in [6.45, 7) is 1.92. The van der Waals surface area contributed by atoms with E-state index in [4.69, 9.17) is 0 Å². The number of ketones is 1. The monoisotopic (exact) mass is 238 g/mol. The Hall–Kier alpha value is -0.830. The number of rotatable bonds is 3. The molecule has 0 amide bonds. The maximum atomic E-state index is 13.1. The third kappa shape index (κ3) is 2.64. The maximum absolute atomic E-state index is 13.1. The van der Waals surface area contributed by atoms with Gasteiger partial charge in [0, 0.05) is 18.1 Å². The number of hydrogen-bond acceptors (Lipinski definition) is 2. The first kappa shape index (κ1) is 11.6. The summed E-state index contributed by atoms with van der Waals surface area (Å²) in [6.07, 6.45) is 1.37. The Balaban J connectivity index is 2.07. The van der Waals surface area contributed by atoms with Gasteiger partial charge in [-0.25, -0.2) is 4.39 Å². The van der Waals surface area contributed by atoms with Crippen LogP contribution in [0.4, 0.5) is 4.39 Å². The molecule has 1 saturated heterocycles. The molecule has 3 heteroatoms. The van der Waals surface area contributed by atoms with Crippen molar-refractivity contribution in [2.45, 2.75) is 19.8 Å². The molecule has 1 atom stereocenters. The van der Waals surface area contributed by atoms with E-state index in [1.807, 2.05) is 18.7 Å². The Bertz CT molecular complexity index is 397. The summed E-state index contributed by atoms with van der Waals surface area (Å²) in [6, 6.07) is 4.66. The first-order valence-corrected chi connectivity index (χ1v) is 6.68. The fraction of sp³-hybridized carbons (Fsp3) is 0.462. The van der Waals surface area contributed by atoms with Crippen molar-refractivity contribution in [1.29, 1.82) is 0 Å². The molecule has 1 unspecified atom stereocenters. The summed E-state index contributed by atoms with van der Waals surface area (Å²) in [7, 11) is 0. The zero-order chi connectivity index (χ0) is 11.5. The summed E-state index contributed by atoms with van der Waals surface area (Å²) in [5, 5.41) is 0. The van der Waals surface area contributed by atoms with Crippen molar-refractivity contribution in [3.05, 3.63) is 35.1 Å². The quantitative estimate of drug-likeness (QED) is 0.805. The summed E-state index contributed by atoms with van der Waals surface area (Å²) in [5.74, 6) is 2.21. The van der Waals surface area contributed by atoms with Crippen LogP contribution in [0.1, 0.15) is 17.5 Å². The molecule has 1 aliphatic rings. The highest BCUT2D eigenvalue weighted by Gasteiger charge is 2.23. The lowest BCUT2D eigenvalue weighted by Gasteiger charge is -2.09. The largest absolute Gasteiger partial charge is 0.299 e. The molecule has 1 fully saturated rings. The summed E-state index contributed by atoms with van der Waals surface area (Å²) >= 11 is 1.83. The second-order valence-corrected chi connectivity index (χ2v) is 5.42. The molecule has 0 radical (unpaired) electrons. The van der Waals surface area contributed by atoms with Crippen molar-refractivity contribution in [1.82, 2.24) is 0 Å². The summed E-state index contributed by atoms with van der Waals surface area (Å²) in [4.78, 5) is 11.9. The van der Waals surface area contributed by atoms with Gasteiger partial charge in [0.2, 0.25) is 0 Å². The van der Waals surface area contributed by atoms with E-state index in [-0.39, 0.29) is 17.5 Å². The first-order valence-electron chi connectivity index (χ1n) is 5.52. The van der Waals surface area contributed by atoms with Gasteiger partial charge in [0.15, 0.2) is 0 Å². The lowest BCUT2D eigenvalue weighted by molar-refractivity contribution is -0.121. The third-order valence-electron chi connectivity index (χ3n) is 3.06. The summed E-state index contributed by atoms with van der Waals surface area (Å²) in [5.41, 5.74) is 1.84.